The van der Waals surface area contributed by atoms with E-state index < -0.39 is 0 Å². The molecule has 3 N–H and O–H groups in total. The Labute approximate surface area is 115 Å². The van der Waals surface area contributed by atoms with E-state index in [1.807, 2.05) is 13.2 Å². The van der Waals surface area contributed by atoms with Crippen LogP contribution in [0.5, 0.6) is 0 Å². The van der Waals surface area contributed by atoms with E-state index in [-0.39, 0.29) is 5.91 Å². The topological polar surface area (TPSA) is 80.9 Å². The monoisotopic (exact) mass is 284 g/mol. The molecule has 0 aliphatic heterocycles. The van der Waals surface area contributed by atoms with E-state index in [1.54, 1.807) is 12.1 Å². The smallest absolute Gasteiger partial charge is 0.243 e. The average molecular weight is 284 g/mol. The van der Waals surface area contributed by atoms with Gasteiger partial charge in [-0.2, -0.15) is 0 Å². The Bertz CT molecular complexity index is 437. The maximum atomic E-state index is 11.1. The first-order valence-corrected chi connectivity index (χ1v) is 7.62. The van der Waals surface area contributed by atoms with Crippen molar-refractivity contribution < 1.29 is 4.79 Å². The second kappa shape index (κ2) is 7.99. The quantitative estimate of drug-likeness (QED) is 0.357. The molecule has 18 heavy (non-hydrogen) atoms. The molecule has 0 aliphatic carbocycles. The Balaban J connectivity index is 2.48. The largest absolute Gasteiger partial charge is 0.384 e. The van der Waals surface area contributed by atoms with E-state index in [0.29, 0.717) is 23.3 Å². The van der Waals surface area contributed by atoms with Crippen LogP contribution in [0.25, 0.3) is 0 Å². The zero-order chi connectivity index (χ0) is 13.4. The lowest BCUT2D eigenvalue weighted by atomic mass is 10.5. The van der Waals surface area contributed by atoms with Crippen LogP contribution in [0, 0.1) is 0 Å². The van der Waals surface area contributed by atoms with Crippen molar-refractivity contribution in [2.45, 2.75) is 17.1 Å². The van der Waals surface area contributed by atoms with Crippen molar-refractivity contribution in [1.82, 2.24) is 15.3 Å². The Morgan fingerprint density at radius 1 is 1.56 bits per heavy atom. The number of carbonyl (C=O) groups is 1. The number of thioether (sulfide) groups is 2. The number of nitrogen functional groups attached to an aromatic ring is 1. The molecule has 1 aromatic rings. The van der Waals surface area contributed by atoms with Gasteiger partial charge in [-0.3, -0.25) is 4.79 Å². The van der Waals surface area contributed by atoms with E-state index in [2.05, 4.69) is 15.3 Å². The molecule has 0 spiro atoms. The molecule has 0 unspecified atom stereocenters. The summed E-state index contributed by atoms with van der Waals surface area (Å²) in [4.78, 5) is 19.6. The number of likely N-dealkylation sites (N-methyl/N-ethyl adjacent to an activating group) is 1. The number of nitrogens with two attached hydrogens (primary N) is 1. The maximum Gasteiger partial charge on any atom is 0.243 e. The molecular weight excluding hydrogens is 268 g/mol. The molecule has 1 heterocycles. The number of anilines is 1. The maximum absolute atomic E-state index is 11.1. The van der Waals surface area contributed by atoms with E-state index in [0.717, 1.165) is 5.03 Å². The van der Waals surface area contributed by atoms with Crippen LogP contribution in [0.4, 0.5) is 5.82 Å². The first-order valence-electron chi connectivity index (χ1n) is 5.41. The first-order chi connectivity index (χ1) is 8.65. The van der Waals surface area contributed by atoms with Crippen molar-refractivity contribution in [1.29, 1.82) is 0 Å². The van der Waals surface area contributed by atoms with Gasteiger partial charge in [0.2, 0.25) is 5.91 Å². The second-order valence-corrected chi connectivity index (χ2v) is 5.04. The van der Waals surface area contributed by atoms with Gasteiger partial charge in [0.25, 0.3) is 0 Å². The molecule has 1 aromatic heterocycles. The van der Waals surface area contributed by atoms with Crippen molar-refractivity contribution in [3.05, 3.63) is 18.2 Å². The van der Waals surface area contributed by atoms with Crippen molar-refractivity contribution >= 4 is 35.2 Å². The normalized spacial score (nSPS) is 10.8. The molecule has 0 saturated heterocycles. The number of amides is 1. The fraction of sp³-hybridized carbons (Fsp3) is 0.364. The highest BCUT2D eigenvalue weighted by Crippen LogP contribution is 2.20. The summed E-state index contributed by atoms with van der Waals surface area (Å²) in [6, 6.07) is 1.74. The third-order valence-corrected chi connectivity index (χ3v) is 3.27. The van der Waals surface area contributed by atoms with Crippen LogP contribution in [0.2, 0.25) is 0 Å². The lowest BCUT2D eigenvalue weighted by molar-refractivity contribution is -0.116. The minimum Gasteiger partial charge on any atom is -0.384 e. The van der Waals surface area contributed by atoms with Crippen LogP contribution >= 0.6 is 23.5 Å². The molecule has 0 aliphatic rings. The van der Waals surface area contributed by atoms with Gasteiger partial charge >= 0.3 is 0 Å². The Hall–Kier alpha value is -1.21. The summed E-state index contributed by atoms with van der Waals surface area (Å²) in [5, 5.41) is 4.15. The summed E-state index contributed by atoms with van der Waals surface area (Å²) in [6.45, 7) is 2.51. The van der Waals surface area contributed by atoms with Gasteiger partial charge in [0.05, 0.1) is 0 Å². The lowest BCUT2D eigenvalue weighted by Crippen LogP contribution is -2.19. The van der Waals surface area contributed by atoms with E-state index in [4.69, 9.17) is 5.73 Å². The molecule has 0 atom stereocenters. The summed E-state index contributed by atoms with van der Waals surface area (Å²) >= 11 is 2.96. The molecule has 1 amide bonds. The highest BCUT2D eigenvalue weighted by atomic mass is 32.2. The lowest BCUT2D eigenvalue weighted by Gasteiger charge is -2.01. The molecule has 0 saturated carbocycles. The summed E-state index contributed by atoms with van der Waals surface area (Å²) in [5.41, 5.74) is 5.67. The Morgan fingerprint density at radius 3 is 3.00 bits per heavy atom. The van der Waals surface area contributed by atoms with E-state index >= 15 is 0 Å². The van der Waals surface area contributed by atoms with Crippen molar-refractivity contribution in [3.63, 3.8) is 0 Å². The second-order valence-electron chi connectivity index (χ2n) is 3.23. The molecule has 0 fully saturated rings. The Morgan fingerprint density at radius 2 is 2.33 bits per heavy atom. The minimum atomic E-state index is -0.0867. The first kappa shape index (κ1) is 14.8. The summed E-state index contributed by atoms with van der Waals surface area (Å²) in [5.74, 6) is 1.01. The van der Waals surface area contributed by atoms with E-state index in [9.17, 15) is 4.79 Å². The van der Waals surface area contributed by atoms with Crippen molar-refractivity contribution in [3.8, 4) is 0 Å². The number of hydrogen-bond acceptors (Lipinski definition) is 6. The van der Waals surface area contributed by atoms with Crippen molar-refractivity contribution in [2.75, 3.05) is 24.3 Å². The number of hydrogen-bond donors (Lipinski definition) is 2. The third-order valence-electron chi connectivity index (χ3n) is 1.84. The number of rotatable bonds is 6. The van der Waals surface area contributed by atoms with Crippen LogP contribution < -0.4 is 11.1 Å². The number of nitrogens with zero attached hydrogens (tertiary/aromatic N) is 2. The molecule has 0 radical (unpaired) electrons. The van der Waals surface area contributed by atoms with Crippen LogP contribution in [0.1, 0.15) is 6.92 Å². The zero-order valence-corrected chi connectivity index (χ0v) is 12.0. The van der Waals surface area contributed by atoms with Crippen LogP contribution in [-0.4, -0.2) is 34.4 Å². The molecule has 5 nitrogen and oxygen atoms in total. The van der Waals surface area contributed by atoms with Gasteiger partial charge in [-0.15, -0.1) is 11.8 Å². The number of carbonyl (C=O) groups excluding carboxylic acids is 1. The van der Waals surface area contributed by atoms with Gasteiger partial charge in [-0.05, 0) is 19.3 Å². The van der Waals surface area contributed by atoms with E-state index in [1.165, 1.54) is 29.6 Å². The average Bonchev–Trinajstić information content (AvgIpc) is 2.34. The SMILES string of the molecule is CCNC(=O)/C=C/CSc1nc(N)cc(SC)n1. The van der Waals surface area contributed by atoms with Crippen molar-refractivity contribution in [2.24, 2.45) is 0 Å². The summed E-state index contributed by atoms with van der Waals surface area (Å²) in [7, 11) is 0. The zero-order valence-electron chi connectivity index (χ0n) is 10.3. The molecule has 7 heteroatoms. The summed E-state index contributed by atoms with van der Waals surface area (Å²) in [6.07, 6.45) is 5.23. The van der Waals surface area contributed by atoms with Gasteiger partial charge < -0.3 is 11.1 Å². The fourth-order valence-electron chi connectivity index (χ4n) is 1.10. The van der Waals surface area contributed by atoms with Gasteiger partial charge in [0.15, 0.2) is 5.16 Å². The number of aromatic nitrogens is 2. The molecule has 0 aromatic carbocycles. The molecule has 1 rings (SSSR count). The van der Waals surface area contributed by atoms with Gasteiger partial charge in [-0.25, -0.2) is 9.97 Å². The minimum absolute atomic E-state index is 0.0867. The van der Waals surface area contributed by atoms with Crippen LogP contribution in [0.3, 0.4) is 0 Å². The Kier molecular flexibility index (Phi) is 6.59. The highest BCUT2D eigenvalue weighted by molar-refractivity contribution is 7.99. The predicted octanol–water partition coefficient (Wildman–Crippen LogP) is 1.57. The highest BCUT2D eigenvalue weighted by Gasteiger charge is 2.01. The summed E-state index contributed by atoms with van der Waals surface area (Å²) < 4.78 is 0. The predicted molar refractivity (Wildman–Crippen MR) is 76.8 cm³/mol. The fourth-order valence-corrected chi connectivity index (χ4v) is 2.25. The van der Waals surface area contributed by atoms with Crippen LogP contribution in [0.15, 0.2) is 28.4 Å². The molecule has 0 bridgehead atoms. The third kappa shape index (κ3) is 5.42. The number of nitrogens with one attached hydrogen (secondary N) is 1. The van der Waals surface area contributed by atoms with Gasteiger partial charge in [0.1, 0.15) is 10.8 Å². The molecule has 98 valence electrons. The molecular formula is C11H16N4OS2. The van der Waals surface area contributed by atoms with Gasteiger partial charge in [0, 0.05) is 18.4 Å². The van der Waals surface area contributed by atoms with Crippen LogP contribution in [-0.2, 0) is 4.79 Å². The van der Waals surface area contributed by atoms with Gasteiger partial charge in [-0.1, -0.05) is 17.8 Å². The standard InChI is InChI=1S/C11H16N4OS2/c1-3-13-9(16)5-4-6-18-11-14-8(12)7-10(15-11)17-2/h4-5,7H,3,6H2,1-2H3,(H,13,16)(H2,12,14,15)/b5-4+.